The summed E-state index contributed by atoms with van der Waals surface area (Å²) in [5.74, 6) is 0.830. The van der Waals surface area contributed by atoms with E-state index in [2.05, 4.69) is 22.1 Å². The molecule has 2 heterocycles. The highest BCUT2D eigenvalue weighted by atomic mass is 32.2. The first-order valence-electron chi connectivity index (χ1n) is 8.17. The monoisotopic (exact) mass is 348 g/mol. The summed E-state index contributed by atoms with van der Waals surface area (Å²) in [5, 5.41) is 7.04. The molecular formula is C17H21FN4OS. The maximum Gasteiger partial charge on any atom is 0.235 e. The summed E-state index contributed by atoms with van der Waals surface area (Å²) in [6.07, 6.45) is 2.11. The number of aromatic amines is 1. The van der Waals surface area contributed by atoms with Crippen LogP contribution in [0.2, 0.25) is 0 Å². The van der Waals surface area contributed by atoms with Gasteiger partial charge in [0.25, 0.3) is 0 Å². The van der Waals surface area contributed by atoms with Gasteiger partial charge in [0.1, 0.15) is 5.82 Å². The molecular weight excluding hydrogens is 327 g/mol. The number of likely N-dealkylation sites (tertiary alicyclic amines) is 1. The molecule has 1 aliphatic rings. The van der Waals surface area contributed by atoms with Crippen molar-refractivity contribution >= 4 is 17.7 Å². The Morgan fingerprint density at radius 3 is 2.79 bits per heavy atom. The summed E-state index contributed by atoms with van der Waals surface area (Å²) in [5.41, 5.74) is 0.376. The van der Waals surface area contributed by atoms with Crippen LogP contribution in [0, 0.1) is 11.7 Å². The molecule has 1 aliphatic heterocycles. The molecule has 1 aromatic heterocycles. The van der Waals surface area contributed by atoms with Crippen molar-refractivity contribution in [2.75, 3.05) is 13.1 Å². The number of aromatic nitrogens is 3. The Bertz CT molecular complexity index is 712. The summed E-state index contributed by atoms with van der Waals surface area (Å²) >= 11 is 1.30. The maximum absolute atomic E-state index is 13.8. The van der Waals surface area contributed by atoms with Crippen molar-refractivity contribution in [1.82, 2.24) is 20.1 Å². The van der Waals surface area contributed by atoms with E-state index < -0.39 is 0 Å². The highest BCUT2D eigenvalue weighted by Gasteiger charge is 2.26. The summed E-state index contributed by atoms with van der Waals surface area (Å²) in [6, 6.07) is 6.41. The molecule has 128 valence electrons. The molecule has 3 rings (SSSR count). The van der Waals surface area contributed by atoms with Crippen LogP contribution in [0.5, 0.6) is 0 Å². The van der Waals surface area contributed by atoms with Crippen LogP contribution in [0.4, 0.5) is 4.39 Å². The van der Waals surface area contributed by atoms with Crippen LogP contribution in [0.25, 0.3) is 11.4 Å². The van der Waals surface area contributed by atoms with Crippen LogP contribution in [0.3, 0.4) is 0 Å². The number of nitrogens with one attached hydrogen (secondary N) is 1. The van der Waals surface area contributed by atoms with Gasteiger partial charge in [0.05, 0.1) is 10.8 Å². The largest absolute Gasteiger partial charge is 0.342 e. The van der Waals surface area contributed by atoms with Crippen LogP contribution >= 0.6 is 11.8 Å². The van der Waals surface area contributed by atoms with Gasteiger partial charge >= 0.3 is 0 Å². The second-order valence-corrected chi connectivity index (χ2v) is 7.52. The minimum atomic E-state index is -0.350. The molecule has 0 bridgehead atoms. The summed E-state index contributed by atoms with van der Waals surface area (Å²) in [6.45, 7) is 5.72. The van der Waals surface area contributed by atoms with Gasteiger partial charge in [-0.3, -0.25) is 9.89 Å². The van der Waals surface area contributed by atoms with E-state index >= 15 is 0 Å². The first kappa shape index (κ1) is 17.0. The predicted molar refractivity (Wildman–Crippen MR) is 92.1 cm³/mol. The van der Waals surface area contributed by atoms with Gasteiger partial charge in [0, 0.05) is 13.1 Å². The Balaban J connectivity index is 1.64. The van der Waals surface area contributed by atoms with Crippen molar-refractivity contribution in [3.63, 3.8) is 0 Å². The fourth-order valence-corrected chi connectivity index (χ4v) is 3.58. The summed E-state index contributed by atoms with van der Waals surface area (Å²) in [4.78, 5) is 18.7. The quantitative estimate of drug-likeness (QED) is 0.861. The number of hydrogen-bond donors (Lipinski definition) is 1. The lowest BCUT2D eigenvalue weighted by Gasteiger charge is -2.31. The van der Waals surface area contributed by atoms with Crippen molar-refractivity contribution < 1.29 is 9.18 Å². The normalized spacial score (nSPS) is 17.0. The third-order valence-corrected chi connectivity index (χ3v) is 5.27. The minimum Gasteiger partial charge on any atom is -0.342 e. The number of H-pyrrole nitrogens is 1. The van der Waals surface area contributed by atoms with Gasteiger partial charge in [-0.1, -0.05) is 30.8 Å². The van der Waals surface area contributed by atoms with Gasteiger partial charge in [0.15, 0.2) is 5.82 Å². The van der Waals surface area contributed by atoms with E-state index in [-0.39, 0.29) is 17.0 Å². The Morgan fingerprint density at radius 1 is 1.38 bits per heavy atom. The van der Waals surface area contributed by atoms with Crippen LogP contribution in [0.1, 0.15) is 26.7 Å². The van der Waals surface area contributed by atoms with Crippen molar-refractivity contribution in [3.8, 4) is 11.4 Å². The first-order chi connectivity index (χ1) is 11.5. The second-order valence-electron chi connectivity index (χ2n) is 6.21. The summed E-state index contributed by atoms with van der Waals surface area (Å²) < 4.78 is 13.8. The number of carbonyl (C=O) groups excluding carboxylic acids is 1. The molecule has 1 aromatic carbocycles. The van der Waals surface area contributed by atoms with E-state index in [1.807, 2.05) is 11.8 Å². The Labute approximate surface area is 145 Å². The van der Waals surface area contributed by atoms with E-state index in [0.29, 0.717) is 22.5 Å². The highest BCUT2D eigenvalue weighted by Crippen LogP contribution is 2.26. The van der Waals surface area contributed by atoms with Gasteiger partial charge in [0.2, 0.25) is 11.1 Å². The molecule has 0 unspecified atom stereocenters. The van der Waals surface area contributed by atoms with Crippen LogP contribution < -0.4 is 0 Å². The van der Waals surface area contributed by atoms with Crippen LogP contribution in [-0.2, 0) is 4.79 Å². The molecule has 24 heavy (non-hydrogen) atoms. The summed E-state index contributed by atoms with van der Waals surface area (Å²) in [7, 11) is 0. The molecule has 7 heteroatoms. The zero-order valence-electron chi connectivity index (χ0n) is 13.8. The maximum atomic E-state index is 13.8. The molecule has 1 atom stereocenters. The molecule has 1 amide bonds. The third kappa shape index (κ3) is 3.77. The highest BCUT2D eigenvalue weighted by molar-refractivity contribution is 8.00. The Kier molecular flexibility index (Phi) is 5.18. The number of halogens is 1. The van der Waals surface area contributed by atoms with Crippen LogP contribution in [0.15, 0.2) is 29.4 Å². The van der Waals surface area contributed by atoms with Crippen LogP contribution in [-0.4, -0.2) is 44.3 Å². The molecule has 1 fully saturated rings. The van der Waals surface area contributed by atoms with E-state index in [4.69, 9.17) is 0 Å². The van der Waals surface area contributed by atoms with Gasteiger partial charge in [-0.15, -0.1) is 5.10 Å². The van der Waals surface area contributed by atoms with E-state index in [0.717, 1.165) is 25.9 Å². The number of carbonyl (C=O) groups is 1. The fourth-order valence-electron chi connectivity index (χ4n) is 2.77. The third-order valence-electron chi connectivity index (χ3n) is 4.32. The number of benzene rings is 1. The molecule has 0 saturated carbocycles. The zero-order chi connectivity index (χ0) is 17.1. The predicted octanol–water partition coefficient (Wildman–Crippen LogP) is 3.35. The smallest absolute Gasteiger partial charge is 0.235 e. The fraction of sp³-hybridized carbons (Fsp3) is 0.471. The number of rotatable bonds is 4. The number of piperidine rings is 1. The molecule has 5 nitrogen and oxygen atoms in total. The number of hydrogen-bond acceptors (Lipinski definition) is 4. The number of nitrogens with zero attached hydrogens (tertiary/aromatic N) is 3. The standard InChI is InChI=1S/C17H21FN4OS/c1-11-7-9-22(10-8-11)16(23)12(2)24-17-19-15(20-21-17)13-5-3-4-6-14(13)18/h3-6,11-12H,7-10H2,1-2H3,(H,19,20,21)/t12-/m0/s1. The van der Waals surface area contributed by atoms with E-state index in [1.165, 1.54) is 17.8 Å². The molecule has 2 aromatic rings. The van der Waals surface area contributed by atoms with E-state index in [9.17, 15) is 9.18 Å². The lowest BCUT2D eigenvalue weighted by atomic mass is 9.99. The van der Waals surface area contributed by atoms with Crippen molar-refractivity contribution in [2.45, 2.75) is 37.1 Å². The average Bonchev–Trinajstić information content (AvgIpc) is 3.03. The second kappa shape index (κ2) is 7.34. The van der Waals surface area contributed by atoms with Gasteiger partial charge in [-0.25, -0.2) is 9.37 Å². The molecule has 0 radical (unpaired) electrons. The van der Waals surface area contributed by atoms with Crippen molar-refractivity contribution in [1.29, 1.82) is 0 Å². The molecule has 1 saturated heterocycles. The van der Waals surface area contributed by atoms with E-state index in [1.54, 1.807) is 18.2 Å². The number of amides is 1. The zero-order valence-corrected chi connectivity index (χ0v) is 14.6. The molecule has 0 spiro atoms. The van der Waals surface area contributed by atoms with Gasteiger partial charge < -0.3 is 4.90 Å². The topological polar surface area (TPSA) is 61.9 Å². The lowest BCUT2D eigenvalue weighted by Crippen LogP contribution is -2.41. The Morgan fingerprint density at radius 2 is 2.08 bits per heavy atom. The molecule has 0 aliphatic carbocycles. The minimum absolute atomic E-state index is 0.115. The van der Waals surface area contributed by atoms with Crippen molar-refractivity contribution in [3.05, 3.63) is 30.1 Å². The average molecular weight is 348 g/mol. The van der Waals surface area contributed by atoms with Gasteiger partial charge in [-0.05, 0) is 37.8 Å². The lowest BCUT2D eigenvalue weighted by molar-refractivity contribution is -0.131. The number of thioether (sulfide) groups is 1. The van der Waals surface area contributed by atoms with Crippen molar-refractivity contribution in [2.24, 2.45) is 5.92 Å². The Hall–Kier alpha value is -1.89. The van der Waals surface area contributed by atoms with Gasteiger partial charge in [-0.2, -0.15) is 0 Å². The SMILES string of the molecule is CC1CCN(C(=O)[C@H](C)Sc2n[nH]c(-c3ccccc3F)n2)CC1. The first-order valence-corrected chi connectivity index (χ1v) is 9.05. The molecule has 1 N–H and O–H groups in total.